The van der Waals surface area contributed by atoms with Crippen LogP contribution in [-0.4, -0.2) is 22.4 Å². The minimum Gasteiger partial charge on any atom is -0.369 e. The number of nitrogens with zero attached hydrogens (tertiary/aromatic N) is 2. The van der Waals surface area contributed by atoms with Crippen molar-refractivity contribution >= 4 is 40.6 Å². The van der Waals surface area contributed by atoms with Crippen molar-refractivity contribution in [1.82, 2.24) is 9.97 Å². The van der Waals surface area contributed by atoms with Crippen LogP contribution in [0, 0.1) is 0 Å². The summed E-state index contributed by atoms with van der Waals surface area (Å²) in [7, 11) is 0. The molecular formula is C16H18Cl2N4O. The van der Waals surface area contributed by atoms with Crippen LogP contribution >= 0.6 is 23.2 Å². The molecule has 0 spiro atoms. The standard InChI is InChI=1S/C16H18Cl2N4O/c1-2-3-4-7-19-15-10-20-14(9-21-15)16(23)22-11-5-6-12(17)13(18)8-11/h5-6,8-10H,2-4,7H2,1H3,(H,19,21)(H,22,23). The number of carbonyl (C=O) groups is 1. The van der Waals surface area contributed by atoms with E-state index in [2.05, 4.69) is 27.5 Å². The highest BCUT2D eigenvalue weighted by atomic mass is 35.5. The average molecular weight is 353 g/mol. The van der Waals surface area contributed by atoms with E-state index in [0.717, 1.165) is 13.0 Å². The molecule has 2 rings (SSSR count). The molecule has 5 nitrogen and oxygen atoms in total. The van der Waals surface area contributed by atoms with Crippen LogP contribution in [0.3, 0.4) is 0 Å². The number of aromatic nitrogens is 2. The molecule has 0 saturated heterocycles. The molecule has 1 aromatic heterocycles. The molecule has 0 bridgehead atoms. The number of hydrogen-bond acceptors (Lipinski definition) is 4. The zero-order valence-electron chi connectivity index (χ0n) is 12.8. The van der Waals surface area contributed by atoms with E-state index in [0.29, 0.717) is 21.6 Å². The van der Waals surface area contributed by atoms with Crippen molar-refractivity contribution in [3.63, 3.8) is 0 Å². The summed E-state index contributed by atoms with van der Waals surface area (Å²) < 4.78 is 0. The van der Waals surface area contributed by atoms with Crippen LogP contribution < -0.4 is 10.6 Å². The Morgan fingerprint density at radius 3 is 2.61 bits per heavy atom. The van der Waals surface area contributed by atoms with Gasteiger partial charge >= 0.3 is 0 Å². The van der Waals surface area contributed by atoms with Gasteiger partial charge in [0.2, 0.25) is 0 Å². The highest BCUT2D eigenvalue weighted by Gasteiger charge is 2.09. The molecule has 0 aliphatic carbocycles. The molecule has 2 aromatic rings. The number of rotatable bonds is 7. The first-order valence-electron chi connectivity index (χ1n) is 7.42. The first-order valence-corrected chi connectivity index (χ1v) is 8.18. The summed E-state index contributed by atoms with van der Waals surface area (Å²) in [6.07, 6.45) is 6.41. The molecule has 1 aromatic carbocycles. The molecule has 0 saturated carbocycles. The van der Waals surface area contributed by atoms with Crippen LogP contribution in [0.1, 0.15) is 36.7 Å². The van der Waals surface area contributed by atoms with Gasteiger partial charge in [0.1, 0.15) is 11.5 Å². The van der Waals surface area contributed by atoms with E-state index in [9.17, 15) is 4.79 Å². The van der Waals surface area contributed by atoms with Gasteiger partial charge in [-0.25, -0.2) is 9.97 Å². The third kappa shape index (κ3) is 5.37. The molecule has 122 valence electrons. The molecule has 23 heavy (non-hydrogen) atoms. The van der Waals surface area contributed by atoms with E-state index in [-0.39, 0.29) is 11.6 Å². The van der Waals surface area contributed by atoms with Crippen molar-refractivity contribution in [2.24, 2.45) is 0 Å². The number of amides is 1. The summed E-state index contributed by atoms with van der Waals surface area (Å²) in [4.78, 5) is 20.4. The number of unbranched alkanes of at least 4 members (excludes halogenated alkanes) is 2. The summed E-state index contributed by atoms with van der Waals surface area (Å²) in [6, 6.07) is 4.87. The van der Waals surface area contributed by atoms with Crippen LogP contribution in [0.15, 0.2) is 30.6 Å². The molecule has 2 N–H and O–H groups in total. The van der Waals surface area contributed by atoms with E-state index in [1.165, 1.54) is 19.0 Å². The summed E-state index contributed by atoms with van der Waals surface area (Å²) in [6.45, 7) is 3.00. The lowest BCUT2D eigenvalue weighted by Crippen LogP contribution is -2.14. The van der Waals surface area contributed by atoms with E-state index < -0.39 is 0 Å². The molecule has 1 amide bonds. The van der Waals surface area contributed by atoms with Crippen LogP contribution in [0.4, 0.5) is 11.5 Å². The predicted molar refractivity (Wildman–Crippen MR) is 94.5 cm³/mol. The Morgan fingerprint density at radius 1 is 1.13 bits per heavy atom. The zero-order valence-corrected chi connectivity index (χ0v) is 14.3. The van der Waals surface area contributed by atoms with Crippen LogP contribution in [0.5, 0.6) is 0 Å². The lowest BCUT2D eigenvalue weighted by molar-refractivity contribution is 0.102. The van der Waals surface area contributed by atoms with Crippen LogP contribution in [0.25, 0.3) is 0 Å². The van der Waals surface area contributed by atoms with Gasteiger partial charge < -0.3 is 10.6 Å². The molecule has 1 heterocycles. The van der Waals surface area contributed by atoms with Crippen LogP contribution in [-0.2, 0) is 0 Å². The normalized spacial score (nSPS) is 10.4. The van der Waals surface area contributed by atoms with Gasteiger partial charge in [-0.3, -0.25) is 4.79 Å². The van der Waals surface area contributed by atoms with Crippen molar-refractivity contribution in [2.75, 3.05) is 17.2 Å². The van der Waals surface area contributed by atoms with Gasteiger partial charge in [0.15, 0.2) is 0 Å². The summed E-state index contributed by atoms with van der Waals surface area (Å²) >= 11 is 11.8. The highest BCUT2D eigenvalue weighted by Crippen LogP contribution is 2.25. The Balaban J connectivity index is 1.93. The second-order valence-corrected chi connectivity index (χ2v) is 5.82. The fourth-order valence-electron chi connectivity index (χ4n) is 1.90. The number of anilines is 2. The number of nitrogens with one attached hydrogen (secondary N) is 2. The maximum Gasteiger partial charge on any atom is 0.275 e. The van der Waals surface area contributed by atoms with E-state index in [4.69, 9.17) is 23.2 Å². The fraction of sp³-hybridized carbons (Fsp3) is 0.312. The minimum atomic E-state index is -0.353. The summed E-state index contributed by atoms with van der Waals surface area (Å²) in [5, 5.41) is 6.68. The maximum absolute atomic E-state index is 12.1. The smallest absolute Gasteiger partial charge is 0.275 e. The first-order chi connectivity index (χ1) is 11.1. The van der Waals surface area contributed by atoms with Gasteiger partial charge in [-0.15, -0.1) is 0 Å². The third-order valence-electron chi connectivity index (χ3n) is 3.15. The van der Waals surface area contributed by atoms with Gasteiger partial charge in [-0.2, -0.15) is 0 Å². The Morgan fingerprint density at radius 2 is 1.96 bits per heavy atom. The monoisotopic (exact) mass is 352 g/mol. The Labute approximate surface area is 145 Å². The van der Waals surface area contributed by atoms with E-state index >= 15 is 0 Å². The predicted octanol–water partition coefficient (Wildman–Crippen LogP) is 4.64. The Hall–Kier alpha value is -1.85. The number of carbonyl (C=O) groups excluding carboxylic acids is 1. The van der Waals surface area contributed by atoms with Gasteiger partial charge in [-0.1, -0.05) is 43.0 Å². The number of halogens is 2. The van der Waals surface area contributed by atoms with Gasteiger partial charge in [-0.05, 0) is 24.6 Å². The Bertz CT molecular complexity index is 662. The van der Waals surface area contributed by atoms with Gasteiger partial charge in [0.05, 0.1) is 22.4 Å². The second-order valence-electron chi connectivity index (χ2n) is 5.00. The molecule has 0 aliphatic heterocycles. The number of benzene rings is 1. The van der Waals surface area contributed by atoms with Crippen LogP contribution in [0.2, 0.25) is 10.0 Å². The minimum absolute atomic E-state index is 0.232. The third-order valence-corrected chi connectivity index (χ3v) is 3.89. The lowest BCUT2D eigenvalue weighted by Gasteiger charge is -2.07. The molecule has 0 aliphatic rings. The van der Waals surface area contributed by atoms with Crippen molar-refractivity contribution in [3.05, 3.63) is 46.3 Å². The van der Waals surface area contributed by atoms with Crippen molar-refractivity contribution in [1.29, 1.82) is 0 Å². The summed E-state index contributed by atoms with van der Waals surface area (Å²) in [5.41, 5.74) is 0.781. The van der Waals surface area contributed by atoms with Crippen molar-refractivity contribution in [2.45, 2.75) is 26.2 Å². The quantitative estimate of drug-likeness (QED) is 0.712. The topological polar surface area (TPSA) is 66.9 Å². The first kappa shape index (κ1) is 17.5. The van der Waals surface area contributed by atoms with E-state index in [1.807, 2.05) is 0 Å². The Kier molecular flexibility index (Phi) is 6.62. The van der Waals surface area contributed by atoms with Crippen molar-refractivity contribution < 1.29 is 4.79 Å². The second kappa shape index (κ2) is 8.70. The lowest BCUT2D eigenvalue weighted by atomic mass is 10.2. The largest absolute Gasteiger partial charge is 0.369 e. The molecule has 0 unspecified atom stereocenters. The molecule has 7 heteroatoms. The molecule has 0 atom stereocenters. The van der Waals surface area contributed by atoms with Crippen molar-refractivity contribution in [3.8, 4) is 0 Å². The average Bonchev–Trinajstić information content (AvgIpc) is 2.55. The fourth-order valence-corrected chi connectivity index (χ4v) is 2.20. The van der Waals surface area contributed by atoms with Gasteiger partial charge in [0.25, 0.3) is 5.91 Å². The zero-order chi connectivity index (χ0) is 16.7. The highest BCUT2D eigenvalue weighted by molar-refractivity contribution is 6.42. The molecular weight excluding hydrogens is 335 g/mol. The summed E-state index contributed by atoms with van der Waals surface area (Å²) in [5.74, 6) is 0.306. The SMILES string of the molecule is CCCCCNc1cnc(C(=O)Nc2ccc(Cl)c(Cl)c2)cn1. The number of hydrogen-bond donors (Lipinski definition) is 2. The molecule has 0 radical (unpaired) electrons. The van der Waals surface area contributed by atoms with Gasteiger partial charge in [0, 0.05) is 12.2 Å². The molecule has 0 fully saturated rings. The van der Waals surface area contributed by atoms with E-state index in [1.54, 1.807) is 24.4 Å². The maximum atomic E-state index is 12.1.